The number of aliphatic hydroxyl groups is 3. The summed E-state index contributed by atoms with van der Waals surface area (Å²) in [5.41, 5.74) is 0. The zero-order valence-electron chi connectivity index (χ0n) is 8.21. The summed E-state index contributed by atoms with van der Waals surface area (Å²) in [6.45, 7) is 5.51. The molecule has 0 spiro atoms. The van der Waals surface area contributed by atoms with Gasteiger partial charge in [0, 0.05) is 0 Å². The molecule has 0 aromatic heterocycles. The molecule has 1 fully saturated rings. The van der Waals surface area contributed by atoms with Crippen molar-refractivity contribution in [3.63, 3.8) is 0 Å². The highest BCUT2D eigenvalue weighted by Gasteiger charge is 2.42. The van der Waals surface area contributed by atoms with Gasteiger partial charge >= 0.3 is 0 Å². The number of hydrogen-bond acceptors (Lipinski definition) is 4. The molecule has 4 nitrogen and oxygen atoms in total. The first-order chi connectivity index (χ1) is 5.95. The molecule has 0 amide bonds. The molecule has 1 aliphatic heterocycles. The Bertz CT molecular complexity index is 171. The summed E-state index contributed by atoms with van der Waals surface area (Å²) < 4.78 is 5.38. The van der Waals surface area contributed by atoms with E-state index in [0.29, 0.717) is 0 Å². The summed E-state index contributed by atoms with van der Waals surface area (Å²) >= 11 is 0. The fourth-order valence-corrected chi connectivity index (χ4v) is 1.63. The number of hydrogen-bond donors (Lipinski definition) is 3. The van der Waals surface area contributed by atoms with E-state index in [1.165, 1.54) is 0 Å². The summed E-state index contributed by atoms with van der Waals surface area (Å²) in [6.07, 6.45) is -3.91. The van der Waals surface area contributed by atoms with Crippen molar-refractivity contribution in [2.45, 2.75) is 51.3 Å². The second-order valence-electron chi connectivity index (χ2n) is 4.02. The van der Waals surface area contributed by atoms with Gasteiger partial charge in [0.25, 0.3) is 0 Å². The van der Waals surface area contributed by atoms with Crippen LogP contribution in [-0.4, -0.2) is 45.8 Å². The standard InChI is InChI=1S/C9H18O4/c1-4(2)9-8(12)7(11)6(10)5(3)13-9/h4-12H,1-3H3/t5?,6-,7-,8?,9?/m0/s1. The van der Waals surface area contributed by atoms with Gasteiger partial charge in [-0.15, -0.1) is 0 Å². The first-order valence-electron chi connectivity index (χ1n) is 4.64. The van der Waals surface area contributed by atoms with Gasteiger partial charge in [0.1, 0.15) is 18.3 Å². The second kappa shape index (κ2) is 3.92. The number of ether oxygens (including phenoxy) is 1. The van der Waals surface area contributed by atoms with Crippen molar-refractivity contribution < 1.29 is 20.1 Å². The first-order valence-corrected chi connectivity index (χ1v) is 4.64. The highest BCUT2D eigenvalue weighted by Crippen LogP contribution is 2.25. The molecule has 13 heavy (non-hydrogen) atoms. The minimum Gasteiger partial charge on any atom is -0.388 e. The summed E-state index contributed by atoms with van der Waals surface area (Å²) in [6, 6.07) is 0. The monoisotopic (exact) mass is 190 g/mol. The Morgan fingerprint density at radius 3 is 2.00 bits per heavy atom. The Morgan fingerprint density at radius 1 is 1.00 bits per heavy atom. The van der Waals surface area contributed by atoms with E-state index in [1.807, 2.05) is 13.8 Å². The van der Waals surface area contributed by atoms with E-state index in [4.69, 9.17) is 4.74 Å². The normalized spacial score (nSPS) is 46.8. The minimum atomic E-state index is -1.10. The zero-order chi connectivity index (χ0) is 10.2. The van der Waals surface area contributed by atoms with Gasteiger partial charge in [-0.05, 0) is 12.8 Å². The highest BCUT2D eigenvalue weighted by molar-refractivity contribution is 4.91. The molecule has 1 heterocycles. The number of aliphatic hydroxyl groups excluding tert-OH is 3. The maximum atomic E-state index is 9.56. The van der Waals surface area contributed by atoms with E-state index in [-0.39, 0.29) is 5.92 Å². The third-order valence-electron chi connectivity index (χ3n) is 2.55. The summed E-state index contributed by atoms with van der Waals surface area (Å²) in [5.74, 6) is 0.125. The Hall–Kier alpha value is -0.160. The molecule has 3 N–H and O–H groups in total. The molecule has 4 heteroatoms. The Balaban J connectivity index is 2.70. The molecule has 0 bridgehead atoms. The van der Waals surface area contributed by atoms with E-state index in [1.54, 1.807) is 6.92 Å². The topological polar surface area (TPSA) is 69.9 Å². The van der Waals surface area contributed by atoms with Crippen molar-refractivity contribution in [1.29, 1.82) is 0 Å². The van der Waals surface area contributed by atoms with Crippen LogP contribution in [0.1, 0.15) is 20.8 Å². The Kier molecular flexibility index (Phi) is 3.29. The van der Waals surface area contributed by atoms with Crippen LogP contribution >= 0.6 is 0 Å². The van der Waals surface area contributed by atoms with Crippen molar-refractivity contribution >= 4 is 0 Å². The van der Waals surface area contributed by atoms with Crippen LogP contribution in [0, 0.1) is 5.92 Å². The molecule has 0 radical (unpaired) electrons. The third kappa shape index (κ3) is 2.02. The van der Waals surface area contributed by atoms with Crippen molar-refractivity contribution in [1.82, 2.24) is 0 Å². The average Bonchev–Trinajstić information content (AvgIpc) is 2.07. The second-order valence-corrected chi connectivity index (χ2v) is 4.02. The molecule has 5 atom stereocenters. The highest BCUT2D eigenvalue weighted by atomic mass is 16.5. The van der Waals surface area contributed by atoms with Gasteiger partial charge in [0.2, 0.25) is 0 Å². The van der Waals surface area contributed by atoms with Crippen LogP contribution in [0.3, 0.4) is 0 Å². The Morgan fingerprint density at radius 2 is 1.54 bits per heavy atom. The molecule has 1 saturated heterocycles. The molecule has 0 aliphatic carbocycles. The molecule has 0 aromatic rings. The quantitative estimate of drug-likeness (QED) is 0.522. The fourth-order valence-electron chi connectivity index (χ4n) is 1.63. The molecule has 0 saturated carbocycles. The third-order valence-corrected chi connectivity index (χ3v) is 2.55. The van der Waals surface area contributed by atoms with Crippen LogP contribution < -0.4 is 0 Å². The SMILES string of the molecule is CC(C)C1OC(C)[C@H](O)[C@H](O)C1O. The van der Waals surface area contributed by atoms with Crippen LogP contribution in [0.5, 0.6) is 0 Å². The van der Waals surface area contributed by atoms with Gasteiger partial charge in [0.05, 0.1) is 12.2 Å². The lowest BCUT2D eigenvalue weighted by atomic mass is 9.90. The maximum absolute atomic E-state index is 9.56. The van der Waals surface area contributed by atoms with Crippen LogP contribution in [0.4, 0.5) is 0 Å². The van der Waals surface area contributed by atoms with Crippen molar-refractivity contribution in [2.24, 2.45) is 5.92 Å². The lowest BCUT2D eigenvalue weighted by Crippen LogP contribution is -2.57. The van der Waals surface area contributed by atoms with E-state index < -0.39 is 30.5 Å². The molecular formula is C9H18O4. The minimum absolute atomic E-state index is 0.125. The van der Waals surface area contributed by atoms with E-state index in [0.717, 1.165) is 0 Å². The molecule has 0 aromatic carbocycles. The maximum Gasteiger partial charge on any atom is 0.111 e. The fraction of sp³-hybridized carbons (Fsp3) is 1.00. The van der Waals surface area contributed by atoms with Crippen LogP contribution in [0.15, 0.2) is 0 Å². The van der Waals surface area contributed by atoms with Crippen molar-refractivity contribution in [3.8, 4) is 0 Å². The van der Waals surface area contributed by atoms with Gasteiger partial charge in [-0.1, -0.05) is 13.8 Å². The smallest absolute Gasteiger partial charge is 0.111 e. The van der Waals surface area contributed by atoms with Gasteiger partial charge in [-0.3, -0.25) is 0 Å². The van der Waals surface area contributed by atoms with Crippen molar-refractivity contribution in [2.75, 3.05) is 0 Å². The molecule has 78 valence electrons. The van der Waals surface area contributed by atoms with E-state index in [9.17, 15) is 15.3 Å². The molecule has 1 aliphatic rings. The first kappa shape index (κ1) is 10.9. The predicted octanol–water partition coefficient (Wildman–Crippen LogP) is -0.488. The average molecular weight is 190 g/mol. The molecular weight excluding hydrogens is 172 g/mol. The molecule has 1 rings (SSSR count). The zero-order valence-corrected chi connectivity index (χ0v) is 8.21. The Labute approximate surface area is 78.1 Å². The van der Waals surface area contributed by atoms with Crippen LogP contribution in [0.2, 0.25) is 0 Å². The van der Waals surface area contributed by atoms with E-state index in [2.05, 4.69) is 0 Å². The predicted molar refractivity (Wildman–Crippen MR) is 47.2 cm³/mol. The lowest BCUT2D eigenvalue weighted by Gasteiger charge is -2.41. The van der Waals surface area contributed by atoms with Gasteiger partial charge in [-0.25, -0.2) is 0 Å². The largest absolute Gasteiger partial charge is 0.388 e. The summed E-state index contributed by atoms with van der Waals surface area (Å²) in [5, 5.41) is 28.4. The van der Waals surface area contributed by atoms with Gasteiger partial charge in [0.15, 0.2) is 0 Å². The van der Waals surface area contributed by atoms with Gasteiger partial charge < -0.3 is 20.1 Å². The summed E-state index contributed by atoms with van der Waals surface area (Å²) in [7, 11) is 0. The van der Waals surface area contributed by atoms with Crippen molar-refractivity contribution in [3.05, 3.63) is 0 Å². The molecule has 3 unspecified atom stereocenters. The van der Waals surface area contributed by atoms with Gasteiger partial charge in [-0.2, -0.15) is 0 Å². The van der Waals surface area contributed by atoms with Crippen LogP contribution in [-0.2, 0) is 4.74 Å². The van der Waals surface area contributed by atoms with E-state index >= 15 is 0 Å². The number of rotatable bonds is 1. The van der Waals surface area contributed by atoms with Crippen LogP contribution in [0.25, 0.3) is 0 Å². The summed E-state index contributed by atoms with van der Waals surface area (Å²) in [4.78, 5) is 0. The lowest BCUT2D eigenvalue weighted by molar-refractivity contribution is -0.226.